The molecule has 2 fully saturated rings. The maximum absolute atomic E-state index is 11.3. The molecule has 0 saturated carbocycles. The van der Waals surface area contributed by atoms with Gasteiger partial charge in [-0.3, -0.25) is 4.90 Å². The lowest BCUT2D eigenvalue weighted by Gasteiger charge is -2.23. The van der Waals surface area contributed by atoms with Gasteiger partial charge < -0.3 is 14.8 Å². The van der Waals surface area contributed by atoms with E-state index in [2.05, 4.69) is 27.1 Å². The van der Waals surface area contributed by atoms with Gasteiger partial charge in [0.2, 0.25) is 0 Å². The lowest BCUT2D eigenvalue weighted by Crippen LogP contribution is -2.29. The van der Waals surface area contributed by atoms with Gasteiger partial charge >= 0.3 is 5.97 Å². The Hall–Kier alpha value is -1.30. The van der Waals surface area contributed by atoms with E-state index in [1.807, 2.05) is 13.8 Å². The average molecular weight is 369 g/mol. The molecule has 25 heavy (non-hydrogen) atoms. The maximum Gasteiger partial charge on any atom is 0.343 e. The standard InChI is InChI=1S/C19H28N2O3.ClH/c1-14-8-16(9-15(2)18(14)24-11-17(22)23-3)10-21-7-5-19(13-21)4-6-20-12-19;/h8-9,20H,4-7,10-13H2,1-3H3;1H. The fourth-order valence-corrected chi connectivity index (χ4v) is 4.11. The first-order chi connectivity index (χ1) is 11.5. The predicted molar refractivity (Wildman–Crippen MR) is 100 cm³/mol. The molecule has 1 spiro atoms. The fraction of sp³-hybridized carbons (Fsp3) is 0.632. The summed E-state index contributed by atoms with van der Waals surface area (Å²) in [5.74, 6) is 0.437. The molecule has 5 nitrogen and oxygen atoms in total. The normalized spacial score (nSPS) is 22.8. The van der Waals surface area contributed by atoms with Crippen LogP contribution in [0.1, 0.15) is 29.5 Å². The zero-order chi connectivity index (χ0) is 17.2. The van der Waals surface area contributed by atoms with Crippen LogP contribution in [0, 0.1) is 19.3 Å². The molecule has 0 amide bonds. The SMILES string of the molecule is COC(=O)COc1c(C)cc(CN2CCC3(CCNC3)C2)cc1C.Cl. The summed E-state index contributed by atoms with van der Waals surface area (Å²) in [6.45, 7) is 9.73. The summed E-state index contributed by atoms with van der Waals surface area (Å²) in [7, 11) is 1.37. The van der Waals surface area contributed by atoms with Crippen LogP contribution in [0.4, 0.5) is 0 Å². The van der Waals surface area contributed by atoms with Crippen LogP contribution < -0.4 is 10.1 Å². The van der Waals surface area contributed by atoms with Crippen LogP contribution >= 0.6 is 12.4 Å². The Morgan fingerprint density at radius 1 is 1.28 bits per heavy atom. The number of esters is 1. The van der Waals surface area contributed by atoms with Crippen molar-refractivity contribution >= 4 is 18.4 Å². The van der Waals surface area contributed by atoms with Crippen molar-refractivity contribution in [1.82, 2.24) is 10.2 Å². The number of nitrogens with zero attached hydrogens (tertiary/aromatic N) is 1. The highest BCUT2D eigenvalue weighted by molar-refractivity contribution is 5.85. The van der Waals surface area contributed by atoms with Gasteiger partial charge in [-0.05, 0) is 61.9 Å². The minimum absolute atomic E-state index is 0. The van der Waals surface area contributed by atoms with Crippen molar-refractivity contribution in [2.45, 2.75) is 33.2 Å². The van der Waals surface area contributed by atoms with Gasteiger partial charge in [-0.1, -0.05) is 12.1 Å². The van der Waals surface area contributed by atoms with Gasteiger partial charge in [0.1, 0.15) is 5.75 Å². The summed E-state index contributed by atoms with van der Waals surface area (Å²) >= 11 is 0. The number of aryl methyl sites for hydroxylation is 2. The highest BCUT2D eigenvalue weighted by Crippen LogP contribution is 2.37. The van der Waals surface area contributed by atoms with Gasteiger partial charge in [-0.2, -0.15) is 0 Å². The molecular formula is C19H29ClN2O3. The Labute approximate surface area is 156 Å². The Bertz CT molecular complexity index is 592. The zero-order valence-electron chi connectivity index (χ0n) is 15.4. The summed E-state index contributed by atoms with van der Waals surface area (Å²) < 4.78 is 10.3. The quantitative estimate of drug-likeness (QED) is 0.809. The van der Waals surface area contributed by atoms with E-state index in [0.717, 1.165) is 30.0 Å². The number of carbonyl (C=O) groups excluding carboxylic acids is 1. The Morgan fingerprint density at radius 2 is 2.00 bits per heavy atom. The molecule has 0 bridgehead atoms. The van der Waals surface area contributed by atoms with E-state index >= 15 is 0 Å². The predicted octanol–water partition coefficient (Wildman–Crippen LogP) is 2.46. The van der Waals surface area contributed by atoms with Gasteiger partial charge in [0.05, 0.1) is 7.11 Å². The van der Waals surface area contributed by atoms with Crippen molar-refractivity contribution in [2.24, 2.45) is 5.41 Å². The van der Waals surface area contributed by atoms with E-state index < -0.39 is 0 Å². The zero-order valence-corrected chi connectivity index (χ0v) is 16.2. The van der Waals surface area contributed by atoms with Crippen LogP contribution in [0.2, 0.25) is 0 Å². The van der Waals surface area contributed by atoms with Gasteiger partial charge in [-0.25, -0.2) is 4.79 Å². The lowest BCUT2D eigenvalue weighted by molar-refractivity contribution is -0.142. The highest BCUT2D eigenvalue weighted by Gasteiger charge is 2.40. The first-order valence-electron chi connectivity index (χ1n) is 8.74. The van der Waals surface area contributed by atoms with Gasteiger partial charge in [0, 0.05) is 19.6 Å². The molecule has 2 saturated heterocycles. The number of likely N-dealkylation sites (tertiary alicyclic amines) is 1. The molecule has 1 N–H and O–H groups in total. The van der Waals surface area contributed by atoms with E-state index in [0.29, 0.717) is 5.41 Å². The Balaban J connectivity index is 0.00000225. The lowest BCUT2D eigenvalue weighted by atomic mass is 9.86. The summed E-state index contributed by atoms with van der Waals surface area (Å²) in [5.41, 5.74) is 3.97. The fourth-order valence-electron chi connectivity index (χ4n) is 4.11. The van der Waals surface area contributed by atoms with Gasteiger partial charge in [0.15, 0.2) is 6.61 Å². The third kappa shape index (κ3) is 4.66. The monoisotopic (exact) mass is 368 g/mol. The van der Waals surface area contributed by atoms with Crippen molar-refractivity contribution in [3.63, 3.8) is 0 Å². The second-order valence-corrected chi connectivity index (χ2v) is 7.31. The van der Waals surface area contributed by atoms with Crippen LogP contribution in [0.25, 0.3) is 0 Å². The third-order valence-corrected chi connectivity index (χ3v) is 5.34. The number of methoxy groups -OCH3 is 1. The molecule has 2 heterocycles. The Morgan fingerprint density at radius 3 is 2.60 bits per heavy atom. The molecule has 2 aliphatic heterocycles. The van der Waals surface area contributed by atoms with Gasteiger partial charge in [-0.15, -0.1) is 12.4 Å². The first kappa shape index (κ1) is 20.0. The van der Waals surface area contributed by atoms with E-state index in [4.69, 9.17) is 4.74 Å². The van der Waals surface area contributed by atoms with Crippen LogP contribution in [0.15, 0.2) is 12.1 Å². The minimum atomic E-state index is -0.356. The molecule has 1 unspecified atom stereocenters. The summed E-state index contributed by atoms with van der Waals surface area (Å²) in [4.78, 5) is 13.8. The molecule has 3 rings (SSSR count). The molecule has 0 radical (unpaired) electrons. The van der Waals surface area contributed by atoms with Crippen molar-refractivity contribution in [2.75, 3.05) is 39.9 Å². The van der Waals surface area contributed by atoms with E-state index in [9.17, 15) is 4.79 Å². The van der Waals surface area contributed by atoms with Crippen molar-refractivity contribution < 1.29 is 14.3 Å². The van der Waals surface area contributed by atoms with Crippen LogP contribution in [0.5, 0.6) is 5.75 Å². The Kier molecular flexibility index (Phi) is 6.72. The second kappa shape index (κ2) is 8.39. The van der Waals surface area contributed by atoms with Crippen LogP contribution in [-0.2, 0) is 16.1 Å². The van der Waals surface area contributed by atoms with E-state index in [1.54, 1.807) is 0 Å². The average Bonchev–Trinajstić information content (AvgIpc) is 3.16. The summed E-state index contributed by atoms with van der Waals surface area (Å²) in [6.07, 6.45) is 2.61. The number of ether oxygens (including phenoxy) is 2. The van der Waals surface area contributed by atoms with Crippen molar-refractivity contribution in [1.29, 1.82) is 0 Å². The maximum atomic E-state index is 11.3. The van der Waals surface area contributed by atoms with Crippen molar-refractivity contribution in [3.8, 4) is 5.75 Å². The molecule has 6 heteroatoms. The van der Waals surface area contributed by atoms with Crippen molar-refractivity contribution in [3.05, 3.63) is 28.8 Å². The third-order valence-electron chi connectivity index (χ3n) is 5.34. The van der Waals surface area contributed by atoms with E-state index in [1.165, 1.54) is 45.1 Å². The number of hydrogen-bond acceptors (Lipinski definition) is 5. The summed E-state index contributed by atoms with van der Waals surface area (Å²) in [6, 6.07) is 4.36. The number of halogens is 1. The minimum Gasteiger partial charge on any atom is -0.481 e. The number of benzene rings is 1. The molecule has 1 atom stereocenters. The van der Waals surface area contributed by atoms with Gasteiger partial charge in [0.25, 0.3) is 0 Å². The number of carbonyl (C=O) groups is 1. The molecule has 2 aliphatic rings. The number of rotatable bonds is 5. The first-order valence-corrected chi connectivity index (χ1v) is 8.74. The van der Waals surface area contributed by atoms with E-state index in [-0.39, 0.29) is 25.0 Å². The van der Waals surface area contributed by atoms with Crippen LogP contribution in [-0.4, -0.2) is 50.8 Å². The topological polar surface area (TPSA) is 50.8 Å². The van der Waals surface area contributed by atoms with Crippen LogP contribution in [0.3, 0.4) is 0 Å². The second-order valence-electron chi connectivity index (χ2n) is 7.31. The smallest absolute Gasteiger partial charge is 0.343 e. The molecule has 0 aromatic heterocycles. The molecule has 140 valence electrons. The molecular weight excluding hydrogens is 340 g/mol. The summed E-state index contributed by atoms with van der Waals surface area (Å²) in [5, 5.41) is 3.51. The highest BCUT2D eigenvalue weighted by atomic mass is 35.5. The largest absolute Gasteiger partial charge is 0.481 e. The molecule has 1 aromatic carbocycles. The number of hydrogen-bond donors (Lipinski definition) is 1. The molecule has 1 aromatic rings. The molecule has 0 aliphatic carbocycles. The number of nitrogens with one attached hydrogen (secondary N) is 1.